The Bertz CT molecular complexity index is 696. The molecule has 2 aromatic rings. The minimum absolute atomic E-state index is 0.0808. The van der Waals surface area contributed by atoms with Crippen LogP contribution >= 0.6 is 0 Å². The molecule has 0 spiro atoms. The number of hydrogen-bond donors (Lipinski definition) is 0. The van der Waals surface area contributed by atoms with Crippen molar-refractivity contribution in [2.24, 2.45) is 5.92 Å². The number of hydrogen-bond acceptors (Lipinski definition) is 1. The van der Waals surface area contributed by atoms with Crippen LogP contribution in [0.5, 0.6) is 0 Å². The molecule has 0 aromatic heterocycles. The van der Waals surface area contributed by atoms with Crippen LogP contribution in [0.3, 0.4) is 0 Å². The molecule has 0 saturated heterocycles. The summed E-state index contributed by atoms with van der Waals surface area (Å²) in [5, 5.41) is 0. The van der Waals surface area contributed by atoms with Gasteiger partial charge in [-0.3, -0.25) is 4.79 Å². The number of carbonyl (C=O) groups excluding carboxylic acids is 1. The summed E-state index contributed by atoms with van der Waals surface area (Å²) >= 11 is 0. The van der Waals surface area contributed by atoms with Crippen LogP contribution in [0, 0.1) is 5.92 Å². The molecule has 1 nitrogen and oxygen atoms in total. The zero-order valence-electron chi connectivity index (χ0n) is 10.5. The van der Waals surface area contributed by atoms with Gasteiger partial charge in [0.25, 0.3) is 0 Å². The van der Waals surface area contributed by atoms with Gasteiger partial charge in [0.05, 0.1) is 0 Å². The van der Waals surface area contributed by atoms with Crippen molar-refractivity contribution >= 4 is 11.9 Å². The normalized spacial score (nSPS) is 23.5. The smallest absolute Gasteiger partial charge is 0.167 e. The SMILES string of the molecule is O=C1c2ccccc2CC1C1C=Cc2ccccc21. The lowest BCUT2D eigenvalue weighted by atomic mass is 9.85. The average Bonchev–Trinajstić information content (AvgIpc) is 3.01. The largest absolute Gasteiger partial charge is 0.294 e. The van der Waals surface area contributed by atoms with Gasteiger partial charge in [0.15, 0.2) is 5.78 Å². The molecule has 2 aliphatic rings. The monoisotopic (exact) mass is 246 g/mol. The van der Waals surface area contributed by atoms with E-state index in [4.69, 9.17) is 0 Å². The van der Waals surface area contributed by atoms with E-state index in [-0.39, 0.29) is 11.8 Å². The Kier molecular flexibility index (Phi) is 2.22. The van der Waals surface area contributed by atoms with Gasteiger partial charge >= 0.3 is 0 Å². The number of fused-ring (bicyclic) bond motifs is 2. The van der Waals surface area contributed by atoms with E-state index in [0.29, 0.717) is 5.78 Å². The van der Waals surface area contributed by atoms with Crippen LogP contribution in [0.1, 0.15) is 33.0 Å². The van der Waals surface area contributed by atoms with E-state index in [0.717, 1.165) is 12.0 Å². The van der Waals surface area contributed by atoms with Crippen LogP contribution in [0.2, 0.25) is 0 Å². The number of allylic oxidation sites excluding steroid dienone is 1. The van der Waals surface area contributed by atoms with E-state index in [9.17, 15) is 4.79 Å². The molecule has 0 fully saturated rings. The van der Waals surface area contributed by atoms with Gasteiger partial charge in [-0.15, -0.1) is 0 Å². The molecule has 0 radical (unpaired) electrons. The van der Waals surface area contributed by atoms with Crippen molar-refractivity contribution in [3.8, 4) is 0 Å². The molecule has 92 valence electrons. The fourth-order valence-corrected chi connectivity index (χ4v) is 3.39. The maximum atomic E-state index is 12.6. The van der Waals surface area contributed by atoms with Gasteiger partial charge in [-0.2, -0.15) is 0 Å². The first kappa shape index (κ1) is 10.7. The van der Waals surface area contributed by atoms with Gasteiger partial charge in [0.1, 0.15) is 0 Å². The zero-order valence-corrected chi connectivity index (χ0v) is 10.5. The van der Waals surface area contributed by atoms with E-state index in [1.165, 1.54) is 16.7 Å². The summed E-state index contributed by atoms with van der Waals surface area (Å²) in [6, 6.07) is 16.4. The number of rotatable bonds is 1. The summed E-state index contributed by atoms with van der Waals surface area (Å²) in [5.74, 6) is 0.635. The highest BCUT2D eigenvalue weighted by atomic mass is 16.1. The lowest BCUT2D eigenvalue weighted by molar-refractivity contribution is 0.0928. The van der Waals surface area contributed by atoms with Gasteiger partial charge in [0, 0.05) is 17.4 Å². The number of ketones is 1. The minimum Gasteiger partial charge on any atom is -0.294 e. The van der Waals surface area contributed by atoms with Gasteiger partial charge in [-0.05, 0) is 23.1 Å². The summed E-state index contributed by atoms with van der Waals surface area (Å²) in [6.07, 6.45) is 5.22. The first-order valence-corrected chi connectivity index (χ1v) is 6.74. The van der Waals surface area contributed by atoms with Gasteiger partial charge in [0.2, 0.25) is 0 Å². The molecule has 0 saturated carbocycles. The third kappa shape index (κ3) is 1.51. The maximum Gasteiger partial charge on any atom is 0.167 e. The Morgan fingerprint density at radius 2 is 1.74 bits per heavy atom. The summed E-state index contributed by atoms with van der Waals surface area (Å²) < 4.78 is 0. The molecule has 0 amide bonds. The Balaban J connectivity index is 1.74. The molecule has 0 N–H and O–H groups in total. The Hall–Kier alpha value is -2.15. The van der Waals surface area contributed by atoms with Gasteiger partial charge in [-0.25, -0.2) is 0 Å². The summed E-state index contributed by atoms with van der Waals surface area (Å²) in [7, 11) is 0. The van der Waals surface area contributed by atoms with Crippen molar-refractivity contribution in [1.82, 2.24) is 0 Å². The third-order valence-electron chi connectivity index (χ3n) is 4.33. The van der Waals surface area contributed by atoms with Crippen molar-refractivity contribution in [1.29, 1.82) is 0 Å². The highest BCUT2D eigenvalue weighted by Crippen LogP contribution is 2.41. The lowest BCUT2D eigenvalue weighted by Gasteiger charge is -2.17. The predicted molar refractivity (Wildman–Crippen MR) is 76.2 cm³/mol. The van der Waals surface area contributed by atoms with Crippen LogP contribution < -0.4 is 0 Å². The molecule has 1 heteroatoms. The van der Waals surface area contributed by atoms with Crippen molar-refractivity contribution in [2.75, 3.05) is 0 Å². The van der Waals surface area contributed by atoms with E-state index in [1.54, 1.807) is 0 Å². The van der Waals surface area contributed by atoms with Crippen LogP contribution in [0.4, 0.5) is 0 Å². The molecule has 0 aliphatic heterocycles. The molecule has 2 aliphatic carbocycles. The highest BCUT2D eigenvalue weighted by molar-refractivity contribution is 6.03. The van der Waals surface area contributed by atoms with Crippen LogP contribution in [0.25, 0.3) is 6.08 Å². The fourth-order valence-electron chi connectivity index (χ4n) is 3.39. The number of carbonyl (C=O) groups is 1. The highest BCUT2D eigenvalue weighted by Gasteiger charge is 2.37. The summed E-state index contributed by atoms with van der Waals surface area (Å²) in [4.78, 5) is 12.6. The quantitative estimate of drug-likeness (QED) is 0.747. The van der Waals surface area contributed by atoms with Gasteiger partial charge in [-0.1, -0.05) is 60.7 Å². The van der Waals surface area contributed by atoms with E-state index in [1.807, 2.05) is 18.2 Å². The minimum atomic E-state index is 0.0808. The van der Waals surface area contributed by atoms with E-state index < -0.39 is 0 Å². The Morgan fingerprint density at radius 1 is 0.947 bits per heavy atom. The molecular weight excluding hydrogens is 232 g/mol. The first-order valence-electron chi connectivity index (χ1n) is 6.74. The maximum absolute atomic E-state index is 12.6. The predicted octanol–water partition coefficient (Wildman–Crippen LogP) is 3.85. The van der Waals surface area contributed by atoms with Gasteiger partial charge < -0.3 is 0 Å². The number of Topliss-reactive ketones (excluding diaryl/α,β-unsaturated/α-hetero) is 1. The Morgan fingerprint density at radius 3 is 2.63 bits per heavy atom. The molecule has 0 heterocycles. The molecule has 0 bridgehead atoms. The molecule has 2 aromatic carbocycles. The van der Waals surface area contributed by atoms with E-state index >= 15 is 0 Å². The average molecular weight is 246 g/mol. The second kappa shape index (κ2) is 3.92. The zero-order chi connectivity index (χ0) is 12.8. The van der Waals surface area contributed by atoms with Crippen LogP contribution in [0.15, 0.2) is 54.6 Å². The van der Waals surface area contributed by atoms with E-state index in [2.05, 4.69) is 42.5 Å². The standard InChI is InChI=1S/C18H14O/c19-18-15-8-4-2-6-13(15)11-17(18)16-10-9-12-5-1-3-7-14(12)16/h1-10,16-17H,11H2. The second-order valence-electron chi connectivity index (χ2n) is 5.35. The van der Waals surface area contributed by atoms with Crippen LogP contribution in [-0.4, -0.2) is 5.78 Å². The summed E-state index contributed by atoms with van der Waals surface area (Å²) in [6.45, 7) is 0. The first-order chi connectivity index (χ1) is 9.34. The van der Waals surface area contributed by atoms with Crippen molar-refractivity contribution < 1.29 is 4.79 Å². The lowest BCUT2D eigenvalue weighted by Crippen LogP contribution is -2.16. The second-order valence-corrected chi connectivity index (χ2v) is 5.35. The topological polar surface area (TPSA) is 17.1 Å². The fraction of sp³-hybridized carbons (Fsp3) is 0.167. The van der Waals surface area contributed by atoms with Crippen molar-refractivity contribution in [2.45, 2.75) is 12.3 Å². The molecule has 4 rings (SSSR count). The third-order valence-corrected chi connectivity index (χ3v) is 4.33. The molecule has 19 heavy (non-hydrogen) atoms. The number of benzene rings is 2. The van der Waals surface area contributed by atoms with Crippen molar-refractivity contribution in [3.63, 3.8) is 0 Å². The molecule has 2 unspecified atom stereocenters. The summed E-state index contributed by atoms with van der Waals surface area (Å²) in [5.41, 5.74) is 4.69. The molecular formula is C18H14O. The van der Waals surface area contributed by atoms with Crippen LogP contribution in [-0.2, 0) is 6.42 Å². The Labute approximate surface area is 112 Å². The van der Waals surface area contributed by atoms with Crippen molar-refractivity contribution in [3.05, 3.63) is 76.9 Å². The molecule has 2 atom stereocenters.